The third kappa shape index (κ3) is 4.76. The number of nitrogens with zero attached hydrogens (tertiary/aromatic N) is 1. The average Bonchev–Trinajstić information content (AvgIpc) is 3.29. The lowest BCUT2D eigenvalue weighted by Crippen LogP contribution is -2.58. The average molecular weight is 496 g/mol. The molecule has 2 aromatic rings. The Labute approximate surface area is 211 Å². The summed E-state index contributed by atoms with van der Waals surface area (Å²) < 4.78 is 4.75. The zero-order valence-corrected chi connectivity index (χ0v) is 21.6. The van der Waals surface area contributed by atoms with Crippen molar-refractivity contribution in [1.82, 2.24) is 15.5 Å². The van der Waals surface area contributed by atoms with E-state index < -0.39 is 16.8 Å². The largest absolute Gasteiger partial charge is 0.497 e. The molecule has 3 amide bonds. The molecule has 7 nitrogen and oxygen atoms in total. The van der Waals surface area contributed by atoms with Gasteiger partial charge in [-0.25, -0.2) is 0 Å². The lowest BCUT2D eigenvalue weighted by molar-refractivity contribution is -0.133. The Balaban J connectivity index is 1.51. The van der Waals surface area contributed by atoms with E-state index in [0.29, 0.717) is 12.1 Å². The van der Waals surface area contributed by atoms with Crippen molar-refractivity contribution in [3.63, 3.8) is 0 Å². The fraction of sp³-hybridized carbons (Fsp3) is 0.444. The van der Waals surface area contributed by atoms with Gasteiger partial charge in [-0.1, -0.05) is 50.6 Å². The summed E-state index contributed by atoms with van der Waals surface area (Å²) in [4.78, 5) is 41.8. The minimum atomic E-state index is -0.710. The first kappa shape index (κ1) is 25.1. The number of carbonyl (C=O) groups excluding carboxylic acids is 3. The highest BCUT2D eigenvalue weighted by Gasteiger charge is 2.57. The molecule has 186 valence electrons. The van der Waals surface area contributed by atoms with E-state index in [-0.39, 0.29) is 29.0 Å². The number of nitrogens with one attached hydrogen (secondary N) is 2. The molecule has 4 rings (SSSR count). The number of methoxy groups -OCH3 is 1. The molecule has 0 spiro atoms. The molecular weight excluding hydrogens is 462 g/mol. The van der Waals surface area contributed by atoms with Gasteiger partial charge in [0.15, 0.2) is 0 Å². The second-order valence-electron chi connectivity index (χ2n) is 9.72. The van der Waals surface area contributed by atoms with E-state index in [1.807, 2.05) is 76.2 Å². The van der Waals surface area contributed by atoms with Crippen LogP contribution in [0, 0.1) is 5.92 Å². The summed E-state index contributed by atoms with van der Waals surface area (Å²) in [6.45, 7) is 8.23. The highest BCUT2D eigenvalue weighted by atomic mass is 32.2. The number of rotatable bonds is 8. The minimum absolute atomic E-state index is 0.0799. The number of ether oxygens (including phenoxy) is 1. The number of benzene rings is 2. The number of amides is 3. The van der Waals surface area contributed by atoms with Crippen LogP contribution < -0.4 is 15.4 Å². The third-order valence-electron chi connectivity index (χ3n) is 6.94. The van der Waals surface area contributed by atoms with Crippen molar-refractivity contribution < 1.29 is 19.1 Å². The van der Waals surface area contributed by atoms with Crippen LogP contribution in [-0.4, -0.2) is 46.6 Å². The zero-order chi connectivity index (χ0) is 25.3. The molecule has 35 heavy (non-hydrogen) atoms. The first-order valence-electron chi connectivity index (χ1n) is 12.0. The predicted octanol–water partition coefficient (Wildman–Crippen LogP) is 3.89. The molecule has 2 aliphatic rings. The van der Waals surface area contributed by atoms with Gasteiger partial charge in [0.05, 0.1) is 7.11 Å². The van der Waals surface area contributed by atoms with E-state index in [1.165, 1.54) is 0 Å². The topological polar surface area (TPSA) is 87.7 Å². The molecule has 2 N–H and O–H groups in total. The van der Waals surface area contributed by atoms with Crippen molar-refractivity contribution in [1.29, 1.82) is 0 Å². The Kier molecular flexibility index (Phi) is 7.12. The molecular formula is C27H33N3O4S. The third-order valence-corrected chi connectivity index (χ3v) is 8.47. The minimum Gasteiger partial charge on any atom is -0.497 e. The van der Waals surface area contributed by atoms with Crippen LogP contribution in [0.25, 0.3) is 0 Å². The molecule has 2 aliphatic heterocycles. The second kappa shape index (κ2) is 9.93. The second-order valence-corrected chi connectivity index (χ2v) is 11.5. The highest BCUT2D eigenvalue weighted by molar-refractivity contribution is 8.01. The quantitative estimate of drug-likeness (QED) is 0.580. The first-order valence-corrected chi connectivity index (χ1v) is 12.9. The molecule has 0 radical (unpaired) electrons. The van der Waals surface area contributed by atoms with Gasteiger partial charge in [0, 0.05) is 16.9 Å². The smallest absolute Gasteiger partial charge is 0.256 e. The van der Waals surface area contributed by atoms with Gasteiger partial charge >= 0.3 is 0 Å². The molecule has 4 unspecified atom stereocenters. The van der Waals surface area contributed by atoms with Gasteiger partial charge < -0.3 is 20.3 Å². The molecule has 1 saturated heterocycles. The van der Waals surface area contributed by atoms with Gasteiger partial charge in [0.25, 0.3) is 5.91 Å². The molecule has 4 atom stereocenters. The monoisotopic (exact) mass is 495 g/mol. The first-order chi connectivity index (χ1) is 16.7. The van der Waals surface area contributed by atoms with Crippen LogP contribution in [0.4, 0.5) is 0 Å². The number of carbonyl (C=O) groups is 3. The summed E-state index contributed by atoms with van der Waals surface area (Å²) in [5.41, 5.74) is 2.50. The van der Waals surface area contributed by atoms with Gasteiger partial charge in [-0.05, 0) is 49.1 Å². The number of fused-ring (bicyclic) bond motifs is 3. The van der Waals surface area contributed by atoms with E-state index >= 15 is 0 Å². The van der Waals surface area contributed by atoms with E-state index in [0.717, 1.165) is 23.3 Å². The maximum atomic E-state index is 13.7. The van der Waals surface area contributed by atoms with Crippen molar-refractivity contribution in [2.75, 3.05) is 7.11 Å². The van der Waals surface area contributed by atoms with E-state index in [4.69, 9.17) is 4.74 Å². The van der Waals surface area contributed by atoms with Crippen molar-refractivity contribution in [3.05, 3.63) is 65.2 Å². The summed E-state index contributed by atoms with van der Waals surface area (Å²) in [6, 6.07) is 13.6. The van der Waals surface area contributed by atoms with Gasteiger partial charge in [0.1, 0.15) is 23.2 Å². The maximum absolute atomic E-state index is 13.7. The van der Waals surface area contributed by atoms with Crippen molar-refractivity contribution in [2.45, 2.75) is 62.9 Å². The fourth-order valence-corrected chi connectivity index (χ4v) is 6.41. The van der Waals surface area contributed by atoms with Gasteiger partial charge in [0.2, 0.25) is 11.8 Å². The molecule has 2 heterocycles. The van der Waals surface area contributed by atoms with Gasteiger partial charge in [-0.2, -0.15) is 0 Å². The summed E-state index contributed by atoms with van der Waals surface area (Å²) in [5.74, 6) is -0.0371. The van der Waals surface area contributed by atoms with Gasteiger partial charge in [-0.3, -0.25) is 14.4 Å². The zero-order valence-electron chi connectivity index (χ0n) is 20.8. The van der Waals surface area contributed by atoms with Crippen LogP contribution >= 0.6 is 11.8 Å². The maximum Gasteiger partial charge on any atom is 0.256 e. The molecule has 0 bridgehead atoms. The van der Waals surface area contributed by atoms with Crippen LogP contribution in [0.5, 0.6) is 5.75 Å². The van der Waals surface area contributed by atoms with Crippen LogP contribution in [0.15, 0.2) is 48.5 Å². The Morgan fingerprint density at radius 2 is 1.91 bits per heavy atom. The van der Waals surface area contributed by atoms with Crippen molar-refractivity contribution in [3.8, 4) is 5.75 Å². The molecule has 0 saturated carbocycles. The molecule has 0 aromatic heterocycles. The SMILES string of the molecule is CCC(C)C(NC(=O)C1N2C(=O)c3ccccc3C2SC1(C)C)C(=O)NCc1cccc(OC)c1. The Hall–Kier alpha value is -3.00. The lowest BCUT2D eigenvalue weighted by atomic mass is 9.95. The Morgan fingerprint density at radius 1 is 1.17 bits per heavy atom. The van der Waals surface area contributed by atoms with Crippen LogP contribution in [-0.2, 0) is 16.1 Å². The number of thioether (sulfide) groups is 1. The van der Waals surface area contributed by atoms with Crippen molar-refractivity contribution in [2.24, 2.45) is 5.92 Å². The molecule has 2 aromatic carbocycles. The van der Waals surface area contributed by atoms with E-state index in [1.54, 1.807) is 23.8 Å². The summed E-state index contributed by atoms with van der Waals surface area (Å²) >= 11 is 1.61. The Bertz CT molecular complexity index is 1130. The highest BCUT2D eigenvalue weighted by Crippen LogP contribution is 2.56. The van der Waals surface area contributed by atoms with E-state index in [2.05, 4.69) is 10.6 Å². The van der Waals surface area contributed by atoms with E-state index in [9.17, 15) is 14.4 Å². The molecule has 0 aliphatic carbocycles. The predicted molar refractivity (Wildman–Crippen MR) is 137 cm³/mol. The number of hydrogen-bond acceptors (Lipinski definition) is 5. The molecule has 8 heteroatoms. The summed E-state index contributed by atoms with van der Waals surface area (Å²) in [5, 5.41) is 5.76. The Morgan fingerprint density at radius 3 is 2.63 bits per heavy atom. The standard InChI is InChI=1S/C27H33N3O4S/c1-6-16(2)21(23(31)28-15-17-10-9-11-18(14-17)34-5)29-24(32)22-27(3,4)35-26-20-13-8-7-12-19(20)25(33)30(22)26/h7-14,16,21-22,26H,6,15H2,1-5H3,(H,28,31)(H,29,32). The lowest BCUT2D eigenvalue weighted by Gasteiger charge is -2.32. The summed E-state index contributed by atoms with van der Waals surface area (Å²) in [7, 11) is 1.60. The summed E-state index contributed by atoms with van der Waals surface area (Å²) in [6.07, 6.45) is 0.719. The van der Waals surface area contributed by atoms with Gasteiger partial charge in [-0.15, -0.1) is 11.8 Å². The van der Waals surface area contributed by atoms with Crippen LogP contribution in [0.1, 0.15) is 61.0 Å². The fourth-order valence-electron chi connectivity index (χ4n) is 4.82. The molecule has 1 fully saturated rings. The normalized spacial score (nSPS) is 21.6. The van der Waals surface area contributed by atoms with Crippen molar-refractivity contribution >= 4 is 29.5 Å². The van der Waals surface area contributed by atoms with Crippen LogP contribution in [0.2, 0.25) is 0 Å². The van der Waals surface area contributed by atoms with Crippen LogP contribution in [0.3, 0.4) is 0 Å². The number of hydrogen-bond donors (Lipinski definition) is 2.